The molecule has 2 nitrogen and oxygen atoms in total. The fourth-order valence-electron chi connectivity index (χ4n) is 1.38. The van der Waals surface area contributed by atoms with Crippen LogP contribution in [0.3, 0.4) is 0 Å². The Labute approximate surface area is 149 Å². The predicted molar refractivity (Wildman–Crippen MR) is 111 cm³/mol. The molecule has 0 aromatic rings. The lowest BCUT2D eigenvalue weighted by molar-refractivity contribution is 0.276. The van der Waals surface area contributed by atoms with Crippen LogP contribution in [0, 0.1) is 0 Å². The van der Waals surface area contributed by atoms with E-state index in [-0.39, 0.29) is 20.9 Å². The van der Waals surface area contributed by atoms with Crippen molar-refractivity contribution in [1.29, 1.82) is 0 Å². The molecular weight excluding hydrogens is 344 g/mol. The smallest absolute Gasteiger partial charge is 0.193 e. The van der Waals surface area contributed by atoms with Gasteiger partial charge in [-0.25, -0.2) is 0 Å². The number of rotatable bonds is 7. The molecule has 0 aliphatic heterocycles. The molecule has 0 amide bonds. The minimum atomic E-state index is -1.68. The highest BCUT2D eigenvalue weighted by Crippen LogP contribution is 2.43. The van der Waals surface area contributed by atoms with Gasteiger partial charge in [0.2, 0.25) is 0 Å². The molecule has 2 unspecified atom stereocenters. The molecule has 6 heteroatoms. The van der Waals surface area contributed by atoms with Gasteiger partial charge in [-0.3, -0.25) is 0 Å². The van der Waals surface area contributed by atoms with E-state index in [4.69, 9.17) is 8.85 Å². The molecular formula is C16H38O2S2Si2. The van der Waals surface area contributed by atoms with E-state index in [0.29, 0.717) is 0 Å². The molecule has 0 heterocycles. The van der Waals surface area contributed by atoms with Crippen molar-refractivity contribution in [2.45, 2.75) is 103 Å². The van der Waals surface area contributed by atoms with E-state index in [1.165, 1.54) is 0 Å². The van der Waals surface area contributed by atoms with Crippen molar-refractivity contribution in [2.75, 3.05) is 0 Å². The van der Waals surface area contributed by atoms with Crippen molar-refractivity contribution in [3.63, 3.8) is 0 Å². The highest BCUT2D eigenvalue weighted by molar-refractivity contribution is 8.77. The largest absolute Gasteiger partial charge is 0.405 e. The zero-order valence-corrected chi connectivity index (χ0v) is 20.4. The number of hydrogen-bond acceptors (Lipinski definition) is 4. The van der Waals surface area contributed by atoms with Gasteiger partial charge >= 0.3 is 0 Å². The van der Waals surface area contributed by atoms with Crippen LogP contribution in [0.4, 0.5) is 0 Å². The van der Waals surface area contributed by atoms with Gasteiger partial charge in [0.25, 0.3) is 0 Å². The summed E-state index contributed by atoms with van der Waals surface area (Å²) in [4.78, 5) is 0. The van der Waals surface area contributed by atoms with Crippen molar-refractivity contribution >= 4 is 38.2 Å². The van der Waals surface area contributed by atoms with Gasteiger partial charge in [0.05, 0.1) is 10.9 Å². The maximum atomic E-state index is 6.39. The molecule has 0 N–H and O–H groups in total. The van der Waals surface area contributed by atoms with Gasteiger partial charge in [-0.1, -0.05) is 63.1 Å². The van der Waals surface area contributed by atoms with Crippen molar-refractivity contribution in [3.8, 4) is 0 Å². The maximum Gasteiger partial charge on any atom is 0.193 e. The summed E-state index contributed by atoms with van der Waals surface area (Å²) in [6, 6.07) is 0. The third-order valence-corrected chi connectivity index (χ3v) is 17.1. The Balaban J connectivity index is 4.40. The van der Waals surface area contributed by atoms with Crippen molar-refractivity contribution in [1.82, 2.24) is 0 Å². The Morgan fingerprint density at radius 1 is 0.636 bits per heavy atom. The first-order valence-electron chi connectivity index (χ1n) is 8.17. The second kappa shape index (κ2) is 7.96. The van der Waals surface area contributed by atoms with Gasteiger partial charge in [0.1, 0.15) is 0 Å². The average molecular weight is 383 g/mol. The fourth-order valence-corrected chi connectivity index (χ4v) is 7.46. The second-order valence-electron chi connectivity index (χ2n) is 9.08. The van der Waals surface area contributed by atoms with Gasteiger partial charge in [-0.05, 0) is 50.1 Å². The van der Waals surface area contributed by atoms with E-state index in [1.54, 1.807) is 21.6 Å². The predicted octanol–water partition coefficient (Wildman–Crippen LogP) is 7.10. The Kier molecular flexibility index (Phi) is 8.34. The third-order valence-electron chi connectivity index (χ3n) is 4.86. The lowest BCUT2D eigenvalue weighted by Crippen LogP contribution is -2.43. The third kappa shape index (κ3) is 7.30. The Morgan fingerprint density at radius 3 is 1.05 bits per heavy atom. The zero-order chi connectivity index (χ0) is 18.0. The van der Waals surface area contributed by atoms with Gasteiger partial charge in [-0.15, -0.1) is 0 Å². The molecule has 2 atom stereocenters. The summed E-state index contributed by atoms with van der Waals surface area (Å²) >= 11 is 0. The highest BCUT2D eigenvalue weighted by atomic mass is 33.1. The Morgan fingerprint density at radius 2 is 0.864 bits per heavy atom. The van der Waals surface area contributed by atoms with Crippen LogP contribution in [0.25, 0.3) is 0 Å². The monoisotopic (exact) mass is 382 g/mol. The molecule has 0 saturated carbocycles. The van der Waals surface area contributed by atoms with Crippen molar-refractivity contribution < 1.29 is 8.85 Å². The van der Waals surface area contributed by atoms with Gasteiger partial charge in [0.15, 0.2) is 16.6 Å². The molecule has 134 valence electrons. The molecule has 0 aromatic carbocycles. The zero-order valence-electron chi connectivity index (χ0n) is 16.8. The van der Waals surface area contributed by atoms with Gasteiger partial charge in [0, 0.05) is 0 Å². The summed E-state index contributed by atoms with van der Waals surface area (Å²) in [5.74, 6) is 0. The van der Waals surface area contributed by atoms with Crippen LogP contribution < -0.4 is 0 Å². The molecule has 0 aliphatic rings. The van der Waals surface area contributed by atoms with Crippen LogP contribution in [0.1, 0.15) is 55.4 Å². The quantitative estimate of drug-likeness (QED) is 0.265. The summed E-state index contributed by atoms with van der Waals surface area (Å²) in [5, 5.41) is 0.519. The molecule has 0 fully saturated rings. The first kappa shape index (κ1) is 23.1. The fraction of sp³-hybridized carbons (Fsp3) is 1.00. The Hall–Kier alpha value is 1.05. The minimum absolute atomic E-state index is 0.205. The average Bonchev–Trinajstić information content (AvgIpc) is 2.21. The van der Waals surface area contributed by atoms with Crippen LogP contribution in [-0.4, -0.2) is 27.5 Å². The molecule has 0 aromatic heterocycles. The molecule has 0 spiro atoms. The van der Waals surface area contributed by atoms with Gasteiger partial charge in [-0.2, -0.15) is 0 Å². The number of hydrogen-bond donors (Lipinski definition) is 0. The van der Waals surface area contributed by atoms with Crippen LogP contribution >= 0.6 is 21.6 Å². The first-order chi connectivity index (χ1) is 9.49. The topological polar surface area (TPSA) is 18.5 Å². The lowest BCUT2D eigenvalue weighted by Gasteiger charge is -2.39. The lowest BCUT2D eigenvalue weighted by atomic mass is 10.2. The summed E-state index contributed by atoms with van der Waals surface area (Å²) in [7, 11) is 0.244. The highest BCUT2D eigenvalue weighted by Gasteiger charge is 2.40. The van der Waals surface area contributed by atoms with E-state index in [1.807, 2.05) is 0 Å². The van der Waals surface area contributed by atoms with Crippen LogP contribution in [-0.2, 0) is 8.85 Å². The van der Waals surface area contributed by atoms with Crippen LogP contribution in [0.5, 0.6) is 0 Å². The Bertz CT molecular complexity index is 313. The van der Waals surface area contributed by atoms with Crippen molar-refractivity contribution in [3.05, 3.63) is 0 Å². The standard InChI is InChI=1S/C16H38O2S2Si2/c1-13(17-21(9,10)15(3,4)5)19-20-14(2)18-22(11,12)16(6,7)8/h13-14H,1-12H3. The van der Waals surface area contributed by atoms with E-state index < -0.39 is 16.6 Å². The summed E-state index contributed by atoms with van der Waals surface area (Å²) in [6.45, 7) is 27.3. The molecule has 0 aliphatic carbocycles. The molecule has 0 rings (SSSR count). The maximum absolute atomic E-state index is 6.39. The van der Waals surface area contributed by atoms with Crippen LogP contribution in [0.2, 0.25) is 36.3 Å². The summed E-state index contributed by atoms with van der Waals surface area (Å²) in [5.41, 5.74) is 0.410. The van der Waals surface area contributed by atoms with Crippen molar-refractivity contribution in [2.24, 2.45) is 0 Å². The second-order valence-corrected chi connectivity index (χ2v) is 21.5. The SMILES string of the molecule is CC(O[Si](C)(C)C(C)(C)C)SSC(C)O[Si](C)(C)C(C)(C)C. The van der Waals surface area contributed by atoms with Crippen LogP contribution in [0.15, 0.2) is 0 Å². The minimum Gasteiger partial charge on any atom is -0.405 e. The summed E-state index contributed by atoms with van der Waals surface area (Å²) in [6.07, 6.45) is 0. The molecule has 0 saturated heterocycles. The first-order valence-corrected chi connectivity index (χ1v) is 16.3. The van der Waals surface area contributed by atoms with E-state index >= 15 is 0 Å². The molecule has 0 bridgehead atoms. The summed E-state index contributed by atoms with van der Waals surface area (Å²) < 4.78 is 12.8. The van der Waals surface area contributed by atoms with E-state index in [9.17, 15) is 0 Å². The van der Waals surface area contributed by atoms with E-state index in [2.05, 4.69) is 81.6 Å². The molecule has 22 heavy (non-hydrogen) atoms. The normalized spacial score (nSPS) is 17.5. The van der Waals surface area contributed by atoms with Gasteiger partial charge < -0.3 is 8.85 Å². The van der Waals surface area contributed by atoms with E-state index in [0.717, 1.165) is 0 Å². The molecule has 0 radical (unpaired) electrons.